The van der Waals surface area contributed by atoms with Gasteiger partial charge in [0.05, 0.1) is 11.0 Å². The molecule has 2 aromatic carbocycles. The number of carbonyl (C=O) groups is 1. The first kappa shape index (κ1) is 19.3. The molecule has 1 aliphatic heterocycles. The van der Waals surface area contributed by atoms with E-state index < -0.39 is 0 Å². The van der Waals surface area contributed by atoms with E-state index in [1.54, 1.807) is 4.57 Å². The Hall–Kier alpha value is -3.02. The number of aryl methyl sites for hydroxylation is 2. The van der Waals surface area contributed by atoms with Gasteiger partial charge in [-0.15, -0.1) is 0 Å². The number of aromatic nitrogens is 2. The molecular formula is C23H28N4O2. The number of fused-ring (bicyclic) bond motifs is 1. The van der Waals surface area contributed by atoms with Crippen LogP contribution in [0.2, 0.25) is 0 Å². The first-order valence-corrected chi connectivity index (χ1v) is 10.4. The van der Waals surface area contributed by atoms with Crippen molar-refractivity contribution < 1.29 is 4.79 Å². The van der Waals surface area contributed by atoms with Crippen LogP contribution in [-0.2, 0) is 17.9 Å². The second-order valence-electron chi connectivity index (χ2n) is 7.66. The van der Waals surface area contributed by atoms with Crippen molar-refractivity contribution in [1.82, 2.24) is 14.0 Å². The Kier molecular flexibility index (Phi) is 5.69. The van der Waals surface area contributed by atoms with Gasteiger partial charge in [0, 0.05) is 44.3 Å². The standard InChI is InChI=1S/C23H28N4O2/c1-2-14-26-20-10-6-7-11-21(20)27(23(26)29)16-13-22(28)25-15-12-19(17-25)24-18-8-4-3-5-9-18/h3-11,19,24H,2,12-17H2,1H3. The number of para-hydroxylation sites is 3. The highest BCUT2D eigenvalue weighted by molar-refractivity contribution is 5.78. The maximum atomic E-state index is 12.9. The molecule has 1 aliphatic rings. The lowest BCUT2D eigenvalue weighted by atomic mass is 10.2. The zero-order valence-electron chi connectivity index (χ0n) is 16.9. The van der Waals surface area contributed by atoms with Crippen molar-refractivity contribution in [1.29, 1.82) is 0 Å². The molecule has 1 N–H and O–H groups in total. The van der Waals surface area contributed by atoms with E-state index in [2.05, 4.69) is 12.2 Å². The molecule has 0 saturated carbocycles. The number of amides is 1. The van der Waals surface area contributed by atoms with Gasteiger partial charge in [-0.1, -0.05) is 37.3 Å². The molecule has 6 heteroatoms. The molecule has 0 bridgehead atoms. The molecule has 1 amide bonds. The van der Waals surface area contributed by atoms with Crippen LogP contribution in [0.1, 0.15) is 26.2 Å². The Morgan fingerprint density at radius 2 is 1.66 bits per heavy atom. The zero-order chi connectivity index (χ0) is 20.2. The monoisotopic (exact) mass is 392 g/mol. The highest BCUT2D eigenvalue weighted by Gasteiger charge is 2.26. The summed E-state index contributed by atoms with van der Waals surface area (Å²) in [5.41, 5.74) is 2.91. The summed E-state index contributed by atoms with van der Waals surface area (Å²) in [5, 5.41) is 3.50. The molecule has 1 fully saturated rings. The molecule has 6 nitrogen and oxygen atoms in total. The van der Waals surface area contributed by atoms with Crippen LogP contribution in [0, 0.1) is 0 Å². The minimum Gasteiger partial charge on any atom is -0.380 e. The van der Waals surface area contributed by atoms with Gasteiger partial charge in [-0.2, -0.15) is 0 Å². The van der Waals surface area contributed by atoms with Gasteiger partial charge in [0.2, 0.25) is 5.91 Å². The number of likely N-dealkylation sites (tertiary alicyclic amines) is 1. The van der Waals surface area contributed by atoms with E-state index in [1.807, 2.05) is 64.1 Å². The van der Waals surface area contributed by atoms with E-state index >= 15 is 0 Å². The Labute approximate surface area is 170 Å². The normalized spacial score (nSPS) is 16.4. The Bertz CT molecular complexity index is 1040. The fourth-order valence-electron chi connectivity index (χ4n) is 4.17. The molecule has 1 unspecified atom stereocenters. The summed E-state index contributed by atoms with van der Waals surface area (Å²) in [5.74, 6) is 0.113. The summed E-state index contributed by atoms with van der Waals surface area (Å²) in [6.07, 6.45) is 2.19. The topological polar surface area (TPSA) is 59.3 Å². The van der Waals surface area contributed by atoms with E-state index in [0.29, 0.717) is 26.1 Å². The molecule has 0 spiro atoms. The van der Waals surface area contributed by atoms with Gasteiger partial charge in [0.25, 0.3) is 0 Å². The fraction of sp³-hybridized carbons (Fsp3) is 0.391. The van der Waals surface area contributed by atoms with Crippen LogP contribution in [0.15, 0.2) is 59.4 Å². The van der Waals surface area contributed by atoms with Gasteiger partial charge in [-0.3, -0.25) is 13.9 Å². The van der Waals surface area contributed by atoms with E-state index in [9.17, 15) is 9.59 Å². The van der Waals surface area contributed by atoms with E-state index in [1.165, 1.54) is 0 Å². The number of imidazole rings is 1. The summed E-state index contributed by atoms with van der Waals surface area (Å²) in [4.78, 5) is 27.5. The molecule has 1 aromatic heterocycles. The third-order valence-electron chi connectivity index (χ3n) is 5.61. The lowest BCUT2D eigenvalue weighted by Crippen LogP contribution is -2.33. The van der Waals surface area contributed by atoms with Gasteiger partial charge >= 0.3 is 5.69 Å². The third kappa shape index (κ3) is 4.06. The third-order valence-corrected chi connectivity index (χ3v) is 5.61. The van der Waals surface area contributed by atoms with Crippen LogP contribution in [-0.4, -0.2) is 39.1 Å². The molecule has 0 radical (unpaired) electrons. The molecule has 1 atom stereocenters. The predicted octanol–water partition coefficient (Wildman–Crippen LogP) is 3.32. The summed E-state index contributed by atoms with van der Waals surface area (Å²) >= 11 is 0. The van der Waals surface area contributed by atoms with Gasteiger partial charge in [-0.25, -0.2) is 4.79 Å². The number of nitrogens with zero attached hydrogens (tertiary/aromatic N) is 3. The maximum absolute atomic E-state index is 12.9. The Balaban J connectivity index is 1.40. The number of hydrogen-bond donors (Lipinski definition) is 1. The molecule has 0 aliphatic carbocycles. The van der Waals surface area contributed by atoms with Crippen molar-refractivity contribution >= 4 is 22.6 Å². The van der Waals surface area contributed by atoms with Crippen molar-refractivity contribution in [2.75, 3.05) is 18.4 Å². The molecule has 1 saturated heterocycles. The highest BCUT2D eigenvalue weighted by Crippen LogP contribution is 2.18. The minimum absolute atomic E-state index is 0.0223. The summed E-state index contributed by atoms with van der Waals surface area (Å²) in [6, 6.07) is 18.2. The number of hydrogen-bond acceptors (Lipinski definition) is 3. The first-order chi connectivity index (χ1) is 14.2. The molecule has 29 heavy (non-hydrogen) atoms. The van der Waals surface area contributed by atoms with Crippen LogP contribution in [0.3, 0.4) is 0 Å². The molecular weight excluding hydrogens is 364 g/mol. The highest BCUT2D eigenvalue weighted by atomic mass is 16.2. The predicted molar refractivity (Wildman–Crippen MR) is 116 cm³/mol. The van der Waals surface area contributed by atoms with Gasteiger partial charge < -0.3 is 10.2 Å². The number of anilines is 1. The largest absolute Gasteiger partial charge is 0.380 e. The number of nitrogens with one attached hydrogen (secondary N) is 1. The summed E-state index contributed by atoms with van der Waals surface area (Å²) in [7, 11) is 0. The van der Waals surface area contributed by atoms with Crippen molar-refractivity contribution in [2.24, 2.45) is 0 Å². The number of benzene rings is 2. The van der Waals surface area contributed by atoms with E-state index in [-0.39, 0.29) is 17.6 Å². The van der Waals surface area contributed by atoms with Crippen LogP contribution >= 0.6 is 0 Å². The number of carbonyl (C=O) groups excluding carboxylic acids is 1. The zero-order valence-corrected chi connectivity index (χ0v) is 16.9. The van der Waals surface area contributed by atoms with Crippen LogP contribution in [0.25, 0.3) is 11.0 Å². The summed E-state index contributed by atoms with van der Waals surface area (Å²) < 4.78 is 3.56. The van der Waals surface area contributed by atoms with Crippen LogP contribution < -0.4 is 11.0 Å². The minimum atomic E-state index is -0.0223. The van der Waals surface area contributed by atoms with Gasteiger partial charge in [-0.05, 0) is 37.1 Å². The van der Waals surface area contributed by atoms with E-state index in [0.717, 1.165) is 36.1 Å². The average Bonchev–Trinajstić information content (AvgIpc) is 3.31. The Morgan fingerprint density at radius 1 is 1.00 bits per heavy atom. The second kappa shape index (κ2) is 8.55. The van der Waals surface area contributed by atoms with Crippen LogP contribution in [0.4, 0.5) is 5.69 Å². The molecule has 4 rings (SSSR count). The quantitative estimate of drug-likeness (QED) is 0.671. The van der Waals surface area contributed by atoms with Crippen molar-refractivity contribution in [3.05, 3.63) is 65.1 Å². The van der Waals surface area contributed by atoms with E-state index in [4.69, 9.17) is 0 Å². The van der Waals surface area contributed by atoms with Gasteiger partial charge in [0.15, 0.2) is 0 Å². The second-order valence-corrected chi connectivity index (χ2v) is 7.66. The lowest BCUT2D eigenvalue weighted by Gasteiger charge is -2.18. The SMILES string of the molecule is CCCn1c(=O)n(CCC(=O)N2CCC(Nc3ccccc3)C2)c2ccccc21. The Morgan fingerprint density at radius 3 is 2.34 bits per heavy atom. The maximum Gasteiger partial charge on any atom is 0.329 e. The van der Waals surface area contributed by atoms with Crippen molar-refractivity contribution in [3.8, 4) is 0 Å². The molecule has 152 valence electrons. The summed E-state index contributed by atoms with van der Waals surface area (Å²) in [6.45, 7) is 4.65. The van der Waals surface area contributed by atoms with Crippen molar-refractivity contribution in [2.45, 2.75) is 45.3 Å². The van der Waals surface area contributed by atoms with Gasteiger partial charge in [0.1, 0.15) is 0 Å². The van der Waals surface area contributed by atoms with Crippen LogP contribution in [0.5, 0.6) is 0 Å². The molecule has 2 heterocycles. The lowest BCUT2D eigenvalue weighted by molar-refractivity contribution is -0.130. The number of rotatable bonds is 7. The first-order valence-electron chi connectivity index (χ1n) is 10.4. The van der Waals surface area contributed by atoms with Crippen molar-refractivity contribution in [3.63, 3.8) is 0 Å². The average molecular weight is 393 g/mol. The smallest absolute Gasteiger partial charge is 0.329 e. The fourth-order valence-corrected chi connectivity index (χ4v) is 4.17. The molecule has 3 aromatic rings.